The van der Waals surface area contributed by atoms with Gasteiger partial charge in [0, 0.05) is 28.1 Å². The third-order valence-electron chi connectivity index (χ3n) is 7.41. The van der Waals surface area contributed by atoms with E-state index in [1.54, 1.807) is 7.11 Å². The monoisotopic (exact) mass is 543 g/mol. The van der Waals surface area contributed by atoms with Gasteiger partial charge < -0.3 is 14.2 Å². The highest BCUT2D eigenvalue weighted by atomic mass is 32.1. The van der Waals surface area contributed by atoms with E-state index in [1.165, 1.54) is 75.8 Å². The van der Waals surface area contributed by atoms with Crippen LogP contribution in [0.1, 0.15) is 47.9 Å². The number of benzene rings is 3. The Morgan fingerprint density at radius 1 is 0.974 bits per heavy atom. The lowest BCUT2D eigenvalue weighted by Crippen LogP contribution is -2.18. The van der Waals surface area contributed by atoms with Crippen molar-refractivity contribution in [3.8, 4) is 21.9 Å². The average molecular weight is 544 g/mol. The van der Waals surface area contributed by atoms with Gasteiger partial charge in [0.15, 0.2) is 0 Å². The molecule has 0 atom stereocenters. The van der Waals surface area contributed by atoms with Crippen LogP contribution in [0.5, 0.6) is 11.5 Å². The first kappa shape index (κ1) is 27.2. The molecule has 1 aromatic heterocycles. The van der Waals surface area contributed by atoms with E-state index in [9.17, 15) is 4.79 Å². The largest absolute Gasteiger partial charge is 0.496 e. The second-order valence-electron chi connectivity index (χ2n) is 10.3. The Labute approximate surface area is 235 Å². The van der Waals surface area contributed by atoms with Crippen LogP contribution in [0.3, 0.4) is 0 Å². The number of esters is 1. The normalized spacial score (nSPS) is 13.6. The van der Waals surface area contributed by atoms with Gasteiger partial charge in [0.05, 0.1) is 20.8 Å². The third kappa shape index (κ3) is 6.63. The van der Waals surface area contributed by atoms with E-state index in [4.69, 9.17) is 14.2 Å². The molecular weight excluding hydrogens is 506 g/mol. The van der Waals surface area contributed by atoms with Gasteiger partial charge in [-0.25, -0.2) is 0 Å². The summed E-state index contributed by atoms with van der Waals surface area (Å²) in [5.74, 6) is 1.57. The van der Waals surface area contributed by atoms with Crippen LogP contribution in [0, 0.1) is 6.92 Å². The Balaban J connectivity index is 1.39. The topological polar surface area (TPSA) is 48.0 Å². The van der Waals surface area contributed by atoms with Crippen molar-refractivity contribution >= 4 is 27.4 Å². The summed E-state index contributed by atoms with van der Waals surface area (Å²) in [6.07, 6.45) is 4.41. The van der Waals surface area contributed by atoms with E-state index in [-0.39, 0.29) is 5.97 Å². The first-order valence-corrected chi connectivity index (χ1v) is 14.6. The number of hydrogen-bond acceptors (Lipinski definition) is 6. The van der Waals surface area contributed by atoms with Crippen molar-refractivity contribution in [2.45, 2.75) is 45.6 Å². The zero-order chi connectivity index (χ0) is 27.2. The van der Waals surface area contributed by atoms with E-state index >= 15 is 0 Å². The molecule has 3 aromatic carbocycles. The van der Waals surface area contributed by atoms with Crippen LogP contribution in [-0.2, 0) is 22.5 Å². The van der Waals surface area contributed by atoms with Crippen molar-refractivity contribution in [2.24, 2.45) is 0 Å². The summed E-state index contributed by atoms with van der Waals surface area (Å²) in [7, 11) is 3.19. The van der Waals surface area contributed by atoms with Crippen LogP contribution in [-0.4, -0.2) is 44.8 Å². The van der Waals surface area contributed by atoms with Gasteiger partial charge >= 0.3 is 5.97 Å². The summed E-state index contributed by atoms with van der Waals surface area (Å²) in [5.41, 5.74) is 6.31. The van der Waals surface area contributed by atoms with Crippen LogP contribution in [0.25, 0.3) is 20.5 Å². The Bertz CT molecular complexity index is 1420. The minimum absolute atomic E-state index is 0.208. The van der Waals surface area contributed by atoms with Crippen LogP contribution in [0.15, 0.2) is 60.7 Å². The van der Waals surface area contributed by atoms with E-state index in [1.807, 2.05) is 23.5 Å². The number of aryl methyl sites for hydroxylation is 1. The number of carbonyl (C=O) groups is 1. The predicted molar refractivity (Wildman–Crippen MR) is 159 cm³/mol. The number of methoxy groups -OCH3 is 2. The van der Waals surface area contributed by atoms with Gasteiger partial charge in [0.2, 0.25) is 0 Å². The van der Waals surface area contributed by atoms with Gasteiger partial charge in [-0.3, -0.25) is 9.69 Å². The molecule has 0 unspecified atom stereocenters. The molecule has 1 aliphatic rings. The smallest absolute Gasteiger partial charge is 0.305 e. The third-order valence-corrected chi connectivity index (χ3v) is 8.66. The van der Waals surface area contributed by atoms with Crippen molar-refractivity contribution in [1.29, 1.82) is 0 Å². The number of thiophene rings is 1. The summed E-state index contributed by atoms with van der Waals surface area (Å²) >= 11 is 1.85. The van der Waals surface area contributed by atoms with E-state index in [0.717, 1.165) is 24.5 Å². The SMILES string of the molecule is COC(=O)CCCOc1ccc(-c2sc3cc(C)ccc3c2Cc2ccc(CN3CCCC3)c(OC)c2)cc1. The lowest BCUT2D eigenvalue weighted by atomic mass is 9.97. The molecule has 1 aliphatic heterocycles. The zero-order valence-corrected chi connectivity index (χ0v) is 23.9. The van der Waals surface area contributed by atoms with Crippen molar-refractivity contribution in [3.63, 3.8) is 0 Å². The number of carbonyl (C=O) groups excluding carboxylic acids is 1. The quantitative estimate of drug-likeness (QED) is 0.146. The standard InChI is InChI=1S/C33H37NO4S/c1-23-8-15-28-29(20-24-9-10-26(30(21-24)36-2)22-34-16-4-5-17-34)33(39-31(28)19-23)25-11-13-27(14-12-25)38-18-6-7-32(35)37-3/h8-15,19,21H,4-7,16-18,20,22H2,1-3H3. The first-order chi connectivity index (χ1) is 19.0. The molecule has 6 heteroatoms. The summed E-state index contributed by atoms with van der Waals surface area (Å²) in [5, 5.41) is 1.31. The fraction of sp³-hybridized carbons (Fsp3) is 0.364. The predicted octanol–water partition coefficient (Wildman–Crippen LogP) is 7.40. The van der Waals surface area contributed by atoms with Crippen LogP contribution in [0.2, 0.25) is 0 Å². The zero-order valence-electron chi connectivity index (χ0n) is 23.1. The molecule has 0 aliphatic carbocycles. The number of nitrogens with zero attached hydrogens (tertiary/aromatic N) is 1. The second-order valence-corrected chi connectivity index (χ2v) is 11.3. The lowest BCUT2D eigenvalue weighted by molar-refractivity contribution is -0.140. The summed E-state index contributed by atoms with van der Waals surface area (Å²) in [6.45, 7) is 5.93. The highest BCUT2D eigenvalue weighted by Crippen LogP contribution is 2.41. The summed E-state index contributed by atoms with van der Waals surface area (Å²) < 4.78 is 17.7. The highest BCUT2D eigenvalue weighted by Gasteiger charge is 2.18. The molecule has 0 amide bonds. The molecule has 0 N–H and O–H groups in total. The maximum absolute atomic E-state index is 11.3. The molecule has 1 saturated heterocycles. The van der Waals surface area contributed by atoms with Crippen molar-refractivity contribution in [1.82, 2.24) is 4.90 Å². The first-order valence-electron chi connectivity index (χ1n) is 13.7. The maximum Gasteiger partial charge on any atom is 0.305 e. The van der Waals surface area contributed by atoms with Gasteiger partial charge in [0.25, 0.3) is 0 Å². The molecule has 5 rings (SSSR count). The van der Waals surface area contributed by atoms with Crippen LogP contribution in [0.4, 0.5) is 0 Å². The molecular formula is C33H37NO4S. The van der Waals surface area contributed by atoms with Crippen molar-refractivity contribution < 1.29 is 19.0 Å². The molecule has 39 heavy (non-hydrogen) atoms. The second kappa shape index (κ2) is 12.7. The molecule has 5 nitrogen and oxygen atoms in total. The number of ether oxygens (including phenoxy) is 3. The number of likely N-dealkylation sites (tertiary alicyclic amines) is 1. The van der Waals surface area contributed by atoms with E-state index < -0.39 is 0 Å². The molecule has 4 aromatic rings. The minimum atomic E-state index is -0.208. The number of rotatable bonds is 11. The maximum atomic E-state index is 11.3. The fourth-order valence-corrected chi connectivity index (χ4v) is 6.62. The number of fused-ring (bicyclic) bond motifs is 1. The number of hydrogen-bond donors (Lipinski definition) is 0. The van der Waals surface area contributed by atoms with Crippen LogP contribution < -0.4 is 9.47 Å². The van der Waals surface area contributed by atoms with Gasteiger partial charge in [-0.15, -0.1) is 11.3 Å². The Hall–Kier alpha value is -3.35. The molecule has 0 bridgehead atoms. The Morgan fingerprint density at radius 3 is 2.51 bits per heavy atom. The summed E-state index contributed by atoms with van der Waals surface area (Å²) in [6, 6.07) is 21.8. The molecule has 204 valence electrons. The van der Waals surface area contributed by atoms with Gasteiger partial charge in [-0.1, -0.05) is 24.3 Å². The molecule has 0 radical (unpaired) electrons. The van der Waals surface area contributed by atoms with Crippen LogP contribution >= 0.6 is 11.3 Å². The van der Waals surface area contributed by atoms with Gasteiger partial charge in [0.1, 0.15) is 11.5 Å². The highest BCUT2D eigenvalue weighted by molar-refractivity contribution is 7.22. The van der Waals surface area contributed by atoms with Crippen molar-refractivity contribution in [3.05, 3.63) is 82.9 Å². The Morgan fingerprint density at radius 2 is 1.77 bits per heavy atom. The minimum Gasteiger partial charge on any atom is -0.496 e. The van der Waals surface area contributed by atoms with E-state index in [2.05, 4.69) is 60.4 Å². The molecule has 2 heterocycles. The molecule has 1 fully saturated rings. The molecule has 0 saturated carbocycles. The van der Waals surface area contributed by atoms with Crippen molar-refractivity contribution in [2.75, 3.05) is 33.9 Å². The fourth-order valence-electron chi connectivity index (χ4n) is 5.29. The van der Waals surface area contributed by atoms with E-state index in [0.29, 0.717) is 19.4 Å². The molecule has 0 spiro atoms. The Kier molecular flexibility index (Phi) is 8.84. The summed E-state index contributed by atoms with van der Waals surface area (Å²) in [4.78, 5) is 15.1. The van der Waals surface area contributed by atoms with Gasteiger partial charge in [-0.05, 0) is 110 Å². The average Bonchev–Trinajstić information content (AvgIpc) is 3.59. The lowest BCUT2D eigenvalue weighted by Gasteiger charge is -2.18. The van der Waals surface area contributed by atoms with Gasteiger partial charge in [-0.2, -0.15) is 0 Å².